The van der Waals surface area contributed by atoms with E-state index < -0.39 is 17.9 Å². The highest BCUT2D eigenvalue weighted by Gasteiger charge is 2.21. The normalized spacial score (nSPS) is 11.9. The Balaban J connectivity index is 2.81. The summed E-state index contributed by atoms with van der Waals surface area (Å²) in [5.41, 5.74) is 0.256. The fourth-order valence-corrected chi connectivity index (χ4v) is 2.44. The maximum absolute atomic E-state index is 12.0. The van der Waals surface area contributed by atoms with Crippen LogP contribution < -0.4 is 5.32 Å². The number of thioether (sulfide) groups is 1. The second kappa shape index (κ2) is 7.77. The van der Waals surface area contributed by atoms with E-state index in [9.17, 15) is 9.59 Å². The van der Waals surface area contributed by atoms with Gasteiger partial charge in [0, 0.05) is 4.47 Å². The van der Waals surface area contributed by atoms with Crippen molar-refractivity contribution in [2.45, 2.75) is 12.5 Å². The van der Waals surface area contributed by atoms with Crippen LogP contribution in [-0.2, 0) is 4.79 Å². The molecular formula is C12H13BrClNO3S. The zero-order valence-corrected chi connectivity index (χ0v) is 13.3. The smallest absolute Gasteiger partial charge is 0.326 e. The third-order valence-corrected chi connectivity index (χ3v) is 3.85. The number of aliphatic carboxylic acids is 1. The Bertz CT molecular complexity index is 484. The van der Waals surface area contributed by atoms with Crippen molar-refractivity contribution in [1.29, 1.82) is 0 Å². The van der Waals surface area contributed by atoms with Crippen LogP contribution in [0, 0.1) is 0 Å². The third kappa shape index (κ3) is 5.04. The molecule has 0 saturated carbocycles. The molecule has 0 radical (unpaired) electrons. The number of amides is 1. The summed E-state index contributed by atoms with van der Waals surface area (Å²) in [5.74, 6) is -0.878. The molecule has 0 unspecified atom stereocenters. The molecule has 0 aliphatic rings. The zero-order valence-electron chi connectivity index (χ0n) is 10.2. The van der Waals surface area contributed by atoms with Crippen molar-refractivity contribution in [3.8, 4) is 0 Å². The van der Waals surface area contributed by atoms with E-state index in [-0.39, 0.29) is 10.6 Å². The molecule has 19 heavy (non-hydrogen) atoms. The number of halogens is 2. The van der Waals surface area contributed by atoms with Gasteiger partial charge in [-0.25, -0.2) is 4.79 Å². The molecule has 4 nitrogen and oxygen atoms in total. The van der Waals surface area contributed by atoms with Crippen LogP contribution in [0.2, 0.25) is 5.02 Å². The number of rotatable bonds is 6. The van der Waals surface area contributed by atoms with Gasteiger partial charge in [0.05, 0.1) is 10.6 Å². The van der Waals surface area contributed by atoms with E-state index in [4.69, 9.17) is 16.7 Å². The molecule has 1 rings (SSSR count). The van der Waals surface area contributed by atoms with Gasteiger partial charge in [-0.1, -0.05) is 27.5 Å². The molecule has 0 bridgehead atoms. The largest absolute Gasteiger partial charge is 0.480 e. The van der Waals surface area contributed by atoms with Crippen LogP contribution in [0.15, 0.2) is 22.7 Å². The van der Waals surface area contributed by atoms with Crippen molar-refractivity contribution in [3.63, 3.8) is 0 Å². The fourth-order valence-electron chi connectivity index (χ4n) is 1.40. The van der Waals surface area contributed by atoms with Gasteiger partial charge in [0.25, 0.3) is 5.91 Å². The predicted molar refractivity (Wildman–Crippen MR) is 81.0 cm³/mol. The van der Waals surface area contributed by atoms with E-state index in [2.05, 4.69) is 21.2 Å². The molecule has 0 heterocycles. The summed E-state index contributed by atoms with van der Waals surface area (Å²) >= 11 is 10.7. The number of carboxylic acid groups (broad SMARTS) is 1. The van der Waals surface area contributed by atoms with Gasteiger partial charge >= 0.3 is 5.97 Å². The molecule has 1 aromatic carbocycles. The van der Waals surface area contributed by atoms with Gasteiger partial charge in [-0.2, -0.15) is 11.8 Å². The Labute approximate surface area is 129 Å². The first-order chi connectivity index (χ1) is 8.95. The van der Waals surface area contributed by atoms with Crippen LogP contribution in [0.1, 0.15) is 16.8 Å². The van der Waals surface area contributed by atoms with E-state index in [1.54, 1.807) is 18.2 Å². The van der Waals surface area contributed by atoms with E-state index in [0.717, 1.165) is 0 Å². The first-order valence-electron chi connectivity index (χ1n) is 5.43. The molecule has 1 amide bonds. The Hall–Kier alpha value is -0.720. The van der Waals surface area contributed by atoms with Gasteiger partial charge in [0.2, 0.25) is 0 Å². The minimum atomic E-state index is -1.05. The highest BCUT2D eigenvalue weighted by molar-refractivity contribution is 9.10. The van der Waals surface area contributed by atoms with Crippen molar-refractivity contribution in [3.05, 3.63) is 33.3 Å². The van der Waals surface area contributed by atoms with E-state index in [1.807, 2.05) is 6.26 Å². The van der Waals surface area contributed by atoms with Crippen molar-refractivity contribution in [2.75, 3.05) is 12.0 Å². The summed E-state index contributed by atoms with van der Waals surface area (Å²) < 4.78 is 0.707. The van der Waals surface area contributed by atoms with Crippen LogP contribution in [0.5, 0.6) is 0 Å². The molecule has 0 fully saturated rings. The van der Waals surface area contributed by atoms with Crippen molar-refractivity contribution < 1.29 is 14.7 Å². The second-order valence-corrected chi connectivity index (χ2v) is 6.08. The number of nitrogens with one attached hydrogen (secondary N) is 1. The van der Waals surface area contributed by atoms with Crippen LogP contribution in [0.3, 0.4) is 0 Å². The van der Waals surface area contributed by atoms with Crippen molar-refractivity contribution >= 4 is 51.2 Å². The number of carboxylic acids is 1. The average Bonchev–Trinajstić information content (AvgIpc) is 2.36. The third-order valence-electron chi connectivity index (χ3n) is 2.39. The molecule has 0 aliphatic heterocycles. The van der Waals surface area contributed by atoms with Gasteiger partial charge in [-0.3, -0.25) is 4.79 Å². The van der Waals surface area contributed by atoms with E-state index in [0.29, 0.717) is 16.6 Å². The van der Waals surface area contributed by atoms with E-state index in [1.165, 1.54) is 11.8 Å². The lowest BCUT2D eigenvalue weighted by Gasteiger charge is -2.14. The summed E-state index contributed by atoms with van der Waals surface area (Å²) in [4.78, 5) is 23.1. The topological polar surface area (TPSA) is 66.4 Å². The Morgan fingerprint density at radius 2 is 2.21 bits per heavy atom. The lowest BCUT2D eigenvalue weighted by molar-refractivity contribution is -0.139. The minimum Gasteiger partial charge on any atom is -0.480 e. The fraction of sp³-hybridized carbons (Fsp3) is 0.333. The molecule has 1 atom stereocenters. The van der Waals surface area contributed by atoms with Gasteiger partial charge in [-0.05, 0) is 36.6 Å². The summed E-state index contributed by atoms with van der Waals surface area (Å²) in [6.45, 7) is 0. The highest BCUT2D eigenvalue weighted by atomic mass is 79.9. The Kier molecular flexibility index (Phi) is 6.68. The van der Waals surface area contributed by atoms with Crippen LogP contribution in [0.4, 0.5) is 0 Å². The van der Waals surface area contributed by atoms with Crippen LogP contribution >= 0.6 is 39.3 Å². The van der Waals surface area contributed by atoms with Crippen molar-refractivity contribution in [2.24, 2.45) is 0 Å². The predicted octanol–water partition coefficient (Wildman–Crippen LogP) is 3.04. The Morgan fingerprint density at radius 1 is 1.53 bits per heavy atom. The van der Waals surface area contributed by atoms with Gasteiger partial charge < -0.3 is 10.4 Å². The molecule has 104 valence electrons. The quantitative estimate of drug-likeness (QED) is 0.812. The number of hydrogen-bond acceptors (Lipinski definition) is 3. The molecule has 2 N–H and O–H groups in total. The number of hydrogen-bond donors (Lipinski definition) is 2. The monoisotopic (exact) mass is 365 g/mol. The molecule has 0 spiro atoms. The van der Waals surface area contributed by atoms with Gasteiger partial charge in [0.1, 0.15) is 6.04 Å². The first-order valence-corrected chi connectivity index (χ1v) is 8.00. The van der Waals surface area contributed by atoms with Gasteiger partial charge in [0.15, 0.2) is 0 Å². The molecule has 0 saturated heterocycles. The highest BCUT2D eigenvalue weighted by Crippen LogP contribution is 2.21. The Morgan fingerprint density at radius 3 is 2.79 bits per heavy atom. The lowest BCUT2D eigenvalue weighted by atomic mass is 10.1. The summed E-state index contributed by atoms with van der Waals surface area (Å²) in [5, 5.41) is 11.8. The second-order valence-electron chi connectivity index (χ2n) is 3.77. The van der Waals surface area contributed by atoms with Crippen molar-refractivity contribution in [1.82, 2.24) is 5.32 Å². The maximum Gasteiger partial charge on any atom is 0.326 e. The molecule has 0 aromatic heterocycles. The summed E-state index contributed by atoms with van der Waals surface area (Å²) in [6, 6.07) is 3.94. The van der Waals surface area contributed by atoms with Gasteiger partial charge in [-0.15, -0.1) is 0 Å². The number of benzene rings is 1. The molecular weight excluding hydrogens is 354 g/mol. The van der Waals surface area contributed by atoms with E-state index >= 15 is 0 Å². The number of carbonyl (C=O) groups is 2. The average molecular weight is 367 g/mol. The molecule has 7 heteroatoms. The SMILES string of the molecule is CSCC[C@H](NC(=O)c1cc(Br)ccc1Cl)C(=O)O. The van der Waals surface area contributed by atoms with Crippen LogP contribution in [0.25, 0.3) is 0 Å². The summed E-state index contributed by atoms with van der Waals surface area (Å²) in [7, 11) is 0. The minimum absolute atomic E-state index is 0.256. The molecule has 0 aliphatic carbocycles. The van der Waals surface area contributed by atoms with Crippen LogP contribution in [-0.4, -0.2) is 35.0 Å². The molecule has 1 aromatic rings. The first kappa shape index (κ1) is 16.3. The number of carbonyl (C=O) groups excluding carboxylic acids is 1. The maximum atomic E-state index is 12.0. The summed E-state index contributed by atoms with van der Waals surface area (Å²) in [6.07, 6.45) is 2.25. The zero-order chi connectivity index (χ0) is 14.4. The lowest BCUT2D eigenvalue weighted by Crippen LogP contribution is -2.41. The standard InChI is InChI=1S/C12H13BrClNO3S/c1-19-5-4-10(12(17)18)15-11(16)8-6-7(13)2-3-9(8)14/h2-3,6,10H,4-5H2,1H3,(H,15,16)(H,17,18)/t10-/m0/s1.